The standard InChI is InChI=1S/C25H31ClN4O/c1-6-23-21(24(28(4)5)30(27-23)19-12-8-7-9-13-19)17-29(16-18(2)3)25(31)20-14-10-11-15-22(20)26/h7-15,18H,6,16-17H2,1-5H3. The highest BCUT2D eigenvalue weighted by atomic mass is 35.5. The monoisotopic (exact) mass is 438 g/mol. The average Bonchev–Trinajstić information content (AvgIpc) is 3.12. The highest BCUT2D eigenvalue weighted by Crippen LogP contribution is 2.29. The third kappa shape index (κ3) is 5.10. The largest absolute Gasteiger partial charge is 0.362 e. The predicted molar refractivity (Wildman–Crippen MR) is 128 cm³/mol. The fourth-order valence-electron chi connectivity index (χ4n) is 3.80. The fraction of sp³-hybridized carbons (Fsp3) is 0.360. The lowest BCUT2D eigenvalue weighted by Gasteiger charge is -2.27. The van der Waals surface area contributed by atoms with Crippen molar-refractivity contribution in [1.29, 1.82) is 0 Å². The van der Waals surface area contributed by atoms with Crippen molar-refractivity contribution in [2.75, 3.05) is 25.5 Å². The van der Waals surface area contributed by atoms with E-state index >= 15 is 0 Å². The van der Waals surface area contributed by atoms with Crippen molar-refractivity contribution in [2.24, 2.45) is 5.92 Å². The molecule has 2 aromatic carbocycles. The molecule has 0 saturated heterocycles. The second-order valence-corrected chi connectivity index (χ2v) is 8.71. The Morgan fingerprint density at radius 3 is 2.29 bits per heavy atom. The van der Waals surface area contributed by atoms with E-state index in [1.54, 1.807) is 12.1 Å². The van der Waals surface area contributed by atoms with E-state index in [1.807, 2.05) is 66.1 Å². The summed E-state index contributed by atoms with van der Waals surface area (Å²) in [6.45, 7) is 7.45. The number of hydrogen-bond acceptors (Lipinski definition) is 3. The van der Waals surface area contributed by atoms with Crippen LogP contribution in [0.4, 0.5) is 5.82 Å². The summed E-state index contributed by atoms with van der Waals surface area (Å²) in [5, 5.41) is 5.39. The summed E-state index contributed by atoms with van der Waals surface area (Å²) in [4.78, 5) is 17.4. The number of carbonyl (C=O) groups is 1. The number of benzene rings is 2. The second-order valence-electron chi connectivity index (χ2n) is 8.30. The second kappa shape index (κ2) is 10.0. The lowest BCUT2D eigenvalue weighted by molar-refractivity contribution is 0.0722. The van der Waals surface area contributed by atoms with Gasteiger partial charge in [0, 0.05) is 26.2 Å². The van der Waals surface area contributed by atoms with E-state index in [1.165, 1.54) is 0 Å². The Bertz CT molecular complexity index is 1030. The molecule has 0 aliphatic heterocycles. The first-order valence-electron chi connectivity index (χ1n) is 10.7. The lowest BCUT2D eigenvalue weighted by atomic mass is 10.1. The van der Waals surface area contributed by atoms with Crippen LogP contribution < -0.4 is 4.90 Å². The fourth-order valence-corrected chi connectivity index (χ4v) is 4.01. The molecule has 6 heteroatoms. The maximum atomic E-state index is 13.5. The van der Waals surface area contributed by atoms with Gasteiger partial charge in [0.2, 0.25) is 0 Å². The summed E-state index contributed by atoms with van der Waals surface area (Å²) in [5.74, 6) is 1.26. The average molecular weight is 439 g/mol. The molecule has 0 aliphatic rings. The SMILES string of the molecule is CCc1nn(-c2ccccc2)c(N(C)C)c1CN(CC(C)C)C(=O)c1ccccc1Cl. The van der Waals surface area contributed by atoms with Crippen LogP contribution >= 0.6 is 11.6 Å². The molecule has 0 aliphatic carbocycles. The van der Waals surface area contributed by atoms with E-state index in [0.29, 0.717) is 29.6 Å². The molecule has 164 valence electrons. The molecule has 3 rings (SSSR count). The van der Waals surface area contributed by atoms with E-state index in [-0.39, 0.29) is 5.91 Å². The van der Waals surface area contributed by atoms with Crippen LogP contribution in [0.5, 0.6) is 0 Å². The van der Waals surface area contributed by atoms with Crippen molar-refractivity contribution in [3.8, 4) is 5.69 Å². The minimum absolute atomic E-state index is 0.0569. The zero-order valence-corrected chi connectivity index (χ0v) is 19.7. The summed E-state index contributed by atoms with van der Waals surface area (Å²) in [6.07, 6.45) is 0.784. The maximum Gasteiger partial charge on any atom is 0.255 e. The van der Waals surface area contributed by atoms with Gasteiger partial charge in [-0.25, -0.2) is 4.68 Å². The first-order chi connectivity index (χ1) is 14.8. The van der Waals surface area contributed by atoms with Crippen molar-refractivity contribution in [1.82, 2.24) is 14.7 Å². The van der Waals surface area contributed by atoms with Gasteiger partial charge in [-0.15, -0.1) is 0 Å². The normalized spacial score (nSPS) is 11.1. The minimum Gasteiger partial charge on any atom is -0.362 e. The van der Waals surface area contributed by atoms with Gasteiger partial charge in [0.15, 0.2) is 0 Å². The molecule has 1 amide bonds. The molecule has 0 bridgehead atoms. The Morgan fingerprint density at radius 2 is 1.71 bits per heavy atom. The van der Waals surface area contributed by atoms with E-state index < -0.39 is 0 Å². The number of anilines is 1. The van der Waals surface area contributed by atoms with Crippen molar-refractivity contribution in [3.63, 3.8) is 0 Å². The number of aromatic nitrogens is 2. The molecular weight excluding hydrogens is 408 g/mol. The zero-order valence-electron chi connectivity index (χ0n) is 19.0. The van der Waals surface area contributed by atoms with E-state index in [2.05, 4.69) is 25.7 Å². The highest BCUT2D eigenvalue weighted by molar-refractivity contribution is 6.33. The molecule has 0 saturated carbocycles. The van der Waals surface area contributed by atoms with Gasteiger partial charge < -0.3 is 9.80 Å². The van der Waals surface area contributed by atoms with Gasteiger partial charge in [0.1, 0.15) is 5.82 Å². The van der Waals surface area contributed by atoms with Crippen LogP contribution in [0, 0.1) is 5.92 Å². The maximum absolute atomic E-state index is 13.5. The Kier molecular flexibility index (Phi) is 7.39. The molecule has 0 atom stereocenters. The van der Waals surface area contributed by atoms with Gasteiger partial charge in [-0.3, -0.25) is 4.79 Å². The van der Waals surface area contributed by atoms with Crippen molar-refractivity contribution in [3.05, 3.63) is 76.4 Å². The first-order valence-corrected chi connectivity index (χ1v) is 11.1. The van der Waals surface area contributed by atoms with E-state index in [4.69, 9.17) is 16.7 Å². The number of halogens is 1. The molecule has 0 N–H and O–H groups in total. The van der Waals surface area contributed by atoms with Crippen molar-refractivity contribution >= 4 is 23.3 Å². The van der Waals surface area contributed by atoms with Crippen LogP contribution in [-0.2, 0) is 13.0 Å². The Labute approximate surface area is 190 Å². The first kappa shape index (κ1) is 22.9. The molecule has 3 aromatic rings. The number of aryl methyl sites for hydroxylation is 1. The molecule has 1 aromatic heterocycles. The molecular formula is C25H31ClN4O. The molecule has 0 fully saturated rings. The van der Waals surface area contributed by atoms with Crippen LogP contribution in [0.25, 0.3) is 5.69 Å². The van der Waals surface area contributed by atoms with Crippen LogP contribution in [0.1, 0.15) is 42.4 Å². The van der Waals surface area contributed by atoms with E-state index in [0.717, 1.165) is 29.2 Å². The summed E-state index contributed by atoms with van der Waals surface area (Å²) in [5.41, 5.74) is 3.59. The van der Waals surface area contributed by atoms with Crippen LogP contribution in [-0.4, -0.2) is 41.2 Å². The van der Waals surface area contributed by atoms with Crippen molar-refractivity contribution in [2.45, 2.75) is 33.7 Å². The number of rotatable bonds is 8. The van der Waals surface area contributed by atoms with Crippen LogP contribution in [0.3, 0.4) is 0 Å². The van der Waals surface area contributed by atoms with Gasteiger partial charge in [-0.1, -0.05) is 62.7 Å². The van der Waals surface area contributed by atoms with Gasteiger partial charge >= 0.3 is 0 Å². The number of nitrogens with zero attached hydrogens (tertiary/aromatic N) is 4. The number of hydrogen-bond donors (Lipinski definition) is 0. The summed E-state index contributed by atoms with van der Waals surface area (Å²) < 4.78 is 1.97. The van der Waals surface area contributed by atoms with Gasteiger partial charge in [0.25, 0.3) is 5.91 Å². The zero-order chi connectivity index (χ0) is 22.5. The quantitative estimate of drug-likeness (QED) is 0.469. The summed E-state index contributed by atoms with van der Waals surface area (Å²) >= 11 is 6.35. The van der Waals surface area contributed by atoms with E-state index in [9.17, 15) is 4.79 Å². The Morgan fingerprint density at radius 1 is 1.06 bits per heavy atom. The van der Waals surface area contributed by atoms with Gasteiger partial charge in [-0.2, -0.15) is 5.10 Å². The number of carbonyl (C=O) groups excluding carboxylic acids is 1. The number of para-hydroxylation sites is 1. The molecule has 1 heterocycles. The van der Waals surface area contributed by atoms with Gasteiger partial charge in [-0.05, 0) is 36.6 Å². The third-order valence-corrected chi connectivity index (χ3v) is 5.45. The smallest absolute Gasteiger partial charge is 0.255 e. The molecule has 5 nitrogen and oxygen atoms in total. The third-order valence-electron chi connectivity index (χ3n) is 5.12. The van der Waals surface area contributed by atoms with Crippen LogP contribution in [0.15, 0.2) is 54.6 Å². The Hall–Kier alpha value is -2.79. The summed E-state index contributed by atoms with van der Waals surface area (Å²) in [6, 6.07) is 17.3. The molecule has 31 heavy (non-hydrogen) atoms. The molecule has 0 radical (unpaired) electrons. The van der Waals surface area contributed by atoms with Crippen molar-refractivity contribution < 1.29 is 4.79 Å². The minimum atomic E-state index is -0.0569. The molecule has 0 spiro atoms. The number of amides is 1. The highest BCUT2D eigenvalue weighted by Gasteiger charge is 2.26. The summed E-state index contributed by atoms with van der Waals surface area (Å²) in [7, 11) is 4.03. The predicted octanol–water partition coefficient (Wildman–Crippen LogP) is 5.45. The topological polar surface area (TPSA) is 41.4 Å². The molecule has 0 unspecified atom stereocenters. The lowest BCUT2D eigenvalue weighted by Crippen LogP contribution is -2.34. The van der Waals surface area contributed by atoms with Gasteiger partial charge in [0.05, 0.1) is 28.5 Å². The Balaban J connectivity index is 2.08. The van der Waals surface area contributed by atoms with Crippen LogP contribution in [0.2, 0.25) is 5.02 Å².